The van der Waals surface area contributed by atoms with Gasteiger partial charge < -0.3 is 14.2 Å². The van der Waals surface area contributed by atoms with Gasteiger partial charge in [-0.1, -0.05) is 20.8 Å². The Labute approximate surface area is 194 Å². The SMILES string of the molecule is CCOC(C)(C)CC1(CC(C)(C)OCCC(C)(C)C)CC(C)(OCC)C1=NN=CN=[N+]=[N-]. The Kier molecular flexibility index (Phi) is 9.91. The van der Waals surface area contributed by atoms with Gasteiger partial charge in [0.25, 0.3) is 0 Å². The van der Waals surface area contributed by atoms with Gasteiger partial charge in [-0.2, -0.15) is 10.2 Å². The van der Waals surface area contributed by atoms with Crippen LogP contribution in [0.5, 0.6) is 0 Å². The number of nitrogens with zero attached hydrogens (tertiary/aromatic N) is 5. The van der Waals surface area contributed by atoms with Crippen molar-refractivity contribution in [1.29, 1.82) is 0 Å². The van der Waals surface area contributed by atoms with E-state index in [-0.39, 0.29) is 22.0 Å². The van der Waals surface area contributed by atoms with Gasteiger partial charge in [0.1, 0.15) is 11.9 Å². The van der Waals surface area contributed by atoms with Crippen LogP contribution in [0.25, 0.3) is 10.4 Å². The molecule has 0 bridgehead atoms. The molecule has 2 unspecified atom stereocenters. The van der Waals surface area contributed by atoms with Crippen molar-refractivity contribution in [3.8, 4) is 0 Å². The summed E-state index contributed by atoms with van der Waals surface area (Å²) < 4.78 is 18.6. The molecule has 1 rings (SSSR count). The molecule has 0 N–H and O–H groups in total. The molecular weight excluding hydrogens is 406 g/mol. The summed E-state index contributed by atoms with van der Waals surface area (Å²) >= 11 is 0. The molecule has 0 amide bonds. The Morgan fingerprint density at radius 1 is 1.00 bits per heavy atom. The molecule has 184 valence electrons. The van der Waals surface area contributed by atoms with Crippen LogP contribution in [0.4, 0.5) is 0 Å². The molecule has 0 aromatic rings. The molecule has 0 aromatic heterocycles. The van der Waals surface area contributed by atoms with Gasteiger partial charge in [0.2, 0.25) is 0 Å². The van der Waals surface area contributed by atoms with Crippen LogP contribution in [0.2, 0.25) is 0 Å². The fourth-order valence-electron chi connectivity index (χ4n) is 5.16. The van der Waals surface area contributed by atoms with Gasteiger partial charge in [-0.05, 0) is 90.2 Å². The number of azide groups is 1. The van der Waals surface area contributed by atoms with Crippen molar-refractivity contribution >= 4 is 12.1 Å². The molecular formula is C24H45N5O3. The van der Waals surface area contributed by atoms with E-state index in [1.54, 1.807) is 0 Å². The van der Waals surface area contributed by atoms with Crippen molar-refractivity contribution in [2.45, 2.75) is 112 Å². The molecule has 32 heavy (non-hydrogen) atoms. The van der Waals surface area contributed by atoms with Crippen LogP contribution < -0.4 is 0 Å². The molecule has 2 atom stereocenters. The van der Waals surface area contributed by atoms with E-state index in [9.17, 15) is 0 Å². The lowest BCUT2D eigenvalue weighted by atomic mass is 9.51. The summed E-state index contributed by atoms with van der Waals surface area (Å²) in [6.07, 6.45) is 4.44. The number of hydrogen-bond acceptors (Lipinski definition) is 5. The standard InChI is InChI=1S/C24H45N5O3/c1-11-30-21(6,7)15-24(16-22(8,9)32-14-13-20(3,4)5)17-23(10,31-12-2)19(24)28-26-18-27-29-25/h18H,11-17H2,1-10H3. The maximum atomic E-state index is 8.56. The zero-order chi connectivity index (χ0) is 24.7. The van der Waals surface area contributed by atoms with E-state index < -0.39 is 5.60 Å². The first-order valence-electron chi connectivity index (χ1n) is 11.7. The van der Waals surface area contributed by atoms with E-state index in [1.807, 2.05) is 13.8 Å². The summed E-state index contributed by atoms with van der Waals surface area (Å²) in [5.41, 5.74) is 8.10. The van der Waals surface area contributed by atoms with Gasteiger partial charge in [0, 0.05) is 30.1 Å². The van der Waals surface area contributed by atoms with Crippen LogP contribution in [-0.2, 0) is 14.2 Å². The van der Waals surface area contributed by atoms with E-state index in [2.05, 4.69) is 75.6 Å². The van der Waals surface area contributed by atoms with E-state index in [4.69, 9.17) is 19.7 Å². The summed E-state index contributed by atoms with van der Waals surface area (Å²) in [6, 6.07) is 0. The molecule has 0 saturated heterocycles. The highest BCUT2D eigenvalue weighted by Gasteiger charge is 2.62. The van der Waals surface area contributed by atoms with Crippen LogP contribution >= 0.6 is 0 Å². The Morgan fingerprint density at radius 2 is 1.59 bits per heavy atom. The van der Waals surface area contributed by atoms with Crippen LogP contribution in [0.3, 0.4) is 0 Å². The third-order valence-corrected chi connectivity index (χ3v) is 5.86. The second-order valence-electron chi connectivity index (χ2n) is 11.5. The largest absolute Gasteiger partial charge is 0.376 e. The highest BCUT2D eigenvalue weighted by Crippen LogP contribution is 2.57. The second-order valence-corrected chi connectivity index (χ2v) is 11.5. The molecule has 0 heterocycles. The minimum atomic E-state index is -0.522. The lowest BCUT2D eigenvalue weighted by Gasteiger charge is -2.58. The van der Waals surface area contributed by atoms with Crippen molar-refractivity contribution in [1.82, 2.24) is 0 Å². The Bertz CT molecular complexity index is 720. The molecule has 1 aliphatic rings. The maximum Gasteiger partial charge on any atom is 0.113 e. The van der Waals surface area contributed by atoms with E-state index in [0.29, 0.717) is 19.8 Å². The van der Waals surface area contributed by atoms with Gasteiger partial charge >= 0.3 is 0 Å². The molecule has 0 spiro atoms. The van der Waals surface area contributed by atoms with E-state index in [1.165, 1.54) is 0 Å². The smallest absolute Gasteiger partial charge is 0.113 e. The Morgan fingerprint density at radius 3 is 2.09 bits per heavy atom. The lowest BCUT2D eigenvalue weighted by molar-refractivity contribution is -0.117. The summed E-state index contributed by atoms with van der Waals surface area (Å²) in [5, 5.41) is 11.9. The van der Waals surface area contributed by atoms with E-state index >= 15 is 0 Å². The molecule has 1 saturated carbocycles. The third kappa shape index (κ3) is 8.47. The highest BCUT2D eigenvalue weighted by molar-refractivity contribution is 6.03. The van der Waals surface area contributed by atoms with Crippen molar-refractivity contribution < 1.29 is 14.2 Å². The molecule has 1 fully saturated rings. The summed E-state index contributed by atoms with van der Waals surface area (Å²) in [4.78, 5) is 2.72. The predicted octanol–water partition coefficient (Wildman–Crippen LogP) is 6.69. The molecule has 0 aliphatic heterocycles. The molecule has 8 nitrogen and oxygen atoms in total. The molecule has 0 aromatic carbocycles. The minimum absolute atomic E-state index is 0.220. The van der Waals surface area contributed by atoms with Gasteiger partial charge in [0.15, 0.2) is 0 Å². The van der Waals surface area contributed by atoms with E-state index in [0.717, 1.165) is 37.7 Å². The topological polar surface area (TPSA) is 101 Å². The normalized spacial score (nSPS) is 25.8. The molecule has 1 aliphatic carbocycles. The van der Waals surface area contributed by atoms with Crippen LogP contribution in [0, 0.1) is 10.8 Å². The average molecular weight is 452 g/mol. The number of rotatable bonds is 13. The van der Waals surface area contributed by atoms with Crippen LogP contribution in [-0.4, -0.2) is 48.7 Å². The fourth-order valence-corrected chi connectivity index (χ4v) is 5.16. The van der Waals surface area contributed by atoms with Crippen LogP contribution in [0.15, 0.2) is 15.3 Å². The predicted molar refractivity (Wildman–Crippen MR) is 131 cm³/mol. The van der Waals surface area contributed by atoms with Gasteiger partial charge in [-0.15, -0.1) is 0 Å². The van der Waals surface area contributed by atoms with Crippen molar-refractivity contribution in [3.05, 3.63) is 10.4 Å². The Balaban J connectivity index is 3.31. The first-order valence-corrected chi connectivity index (χ1v) is 11.7. The number of hydrogen-bond donors (Lipinski definition) is 0. The fraction of sp³-hybridized carbons (Fsp3) is 0.917. The monoisotopic (exact) mass is 451 g/mol. The second kappa shape index (κ2) is 11.1. The van der Waals surface area contributed by atoms with Crippen molar-refractivity contribution in [3.63, 3.8) is 0 Å². The summed E-state index contributed by atoms with van der Waals surface area (Å²) in [6.45, 7) is 23.1. The average Bonchev–Trinajstić information content (AvgIpc) is 2.58. The molecule has 8 heteroatoms. The maximum absolute atomic E-state index is 8.56. The Hall–Kier alpha value is -1.47. The molecule has 0 radical (unpaired) electrons. The quantitative estimate of drug-likeness (QED) is 0.0778. The van der Waals surface area contributed by atoms with Crippen LogP contribution in [0.1, 0.15) is 94.9 Å². The van der Waals surface area contributed by atoms with Gasteiger partial charge in [-0.25, -0.2) is 0 Å². The van der Waals surface area contributed by atoms with Gasteiger partial charge in [0.05, 0.1) is 16.9 Å². The first-order chi connectivity index (χ1) is 14.6. The number of ether oxygens (including phenoxy) is 3. The lowest BCUT2D eigenvalue weighted by Crippen LogP contribution is -2.65. The van der Waals surface area contributed by atoms with Crippen molar-refractivity contribution in [2.75, 3.05) is 19.8 Å². The zero-order valence-corrected chi connectivity index (χ0v) is 22.0. The van der Waals surface area contributed by atoms with Crippen molar-refractivity contribution in [2.24, 2.45) is 26.1 Å². The zero-order valence-electron chi connectivity index (χ0n) is 22.0. The summed E-state index contributed by atoms with van der Waals surface area (Å²) in [7, 11) is 0. The third-order valence-electron chi connectivity index (χ3n) is 5.86. The summed E-state index contributed by atoms with van der Waals surface area (Å²) in [5.74, 6) is 0. The van der Waals surface area contributed by atoms with Gasteiger partial charge in [-0.3, -0.25) is 0 Å². The highest BCUT2D eigenvalue weighted by atomic mass is 16.5. The minimum Gasteiger partial charge on any atom is -0.376 e. The first kappa shape index (κ1) is 28.6.